The number of aromatic carboxylic acids is 1. The first-order valence-corrected chi connectivity index (χ1v) is 8.19. The van der Waals surface area contributed by atoms with Crippen molar-refractivity contribution in [1.82, 2.24) is 0 Å². The summed E-state index contributed by atoms with van der Waals surface area (Å²) >= 11 is 0. The molecule has 0 atom stereocenters. The first kappa shape index (κ1) is 17.5. The highest BCUT2D eigenvalue weighted by Gasteiger charge is 2.14. The Labute approximate surface area is 129 Å². The molecule has 0 radical (unpaired) electrons. The zero-order valence-electron chi connectivity index (χ0n) is 13.7. The van der Waals surface area contributed by atoms with E-state index in [2.05, 4.69) is 24.8 Å². The summed E-state index contributed by atoms with van der Waals surface area (Å²) in [4.78, 5) is 13.7. The van der Waals surface area contributed by atoms with Crippen molar-refractivity contribution in [3.63, 3.8) is 0 Å². The third-order valence-corrected chi connectivity index (χ3v) is 3.94. The zero-order chi connectivity index (χ0) is 15.7. The molecule has 1 aromatic rings. The van der Waals surface area contributed by atoms with E-state index in [-0.39, 0.29) is 0 Å². The minimum absolute atomic E-state index is 0.420. The molecular weight excluding hydrogens is 262 g/mol. The maximum Gasteiger partial charge on any atom is 0.336 e. The molecule has 0 saturated carbocycles. The van der Waals surface area contributed by atoms with Crippen LogP contribution >= 0.6 is 0 Å². The molecule has 0 aromatic heterocycles. The molecule has 1 rings (SSSR count). The highest BCUT2D eigenvalue weighted by molar-refractivity contribution is 5.91. The van der Waals surface area contributed by atoms with Crippen LogP contribution in [-0.4, -0.2) is 24.2 Å². The molecule has 118 valence electrons. The van der Waals surface area contributed by atoms with Crippen LogP contribution in [-0.2, 0) is 0 Å². The number of hydrogen-bond acceptors (Lipinski definition) is 2. The molecule has 0 unspecified atom stereocenters. The van der Waals surface area contributed by atoms with Gasteiger partial charge >= 0.3 is 5.97 Å². The van der Waals surface area contributed by atoms with Crippen LogP contribution in [0.1, 0.15) is 68.3 Å². The Kier molecular flexibility index (Phi) is 7.88. The molecule has 0 amide bonds. The molecule has 0 heterocycles. The number of anilines is 1. The number of carboxylic acids is 1. The third-order valence-electron chi connectivity index (χ3n) is 3.94. The van der Waals surface area contributed by atoms with Crippen LogP contribution in [0.25, 0.3) is 0 Å². The number of carboxylic acid groups (broad SMARTS) is 1. The molecule has 0 aliphatic heterocycles. The van der Waals surface area contributed by atoms with Crippen LogP contribution in [0.2, 0.25) is 0 Å². The smallest absolute Gasteiger partial charge is 0.336 e. The lowest BCUT2D eigenvalue weighted by molar-refractivity contribution is 0.0696. The van der Waals surface area contributed by atoms with E-state index >= 15 is 0 Å². The van der Waals surface area contributed by atoms with Crippen LogP contribution < -0.4 is 4.90 Å². The van der Waals surface area contributed by atoms with Crippen molar-refractivity contribution in [3.05, 3.63) is 29.3 Å². The molecule has 3 nitrogen and oxygen atoms in total. The van der Waals surface area contributed by atoms with Gasteiger partial charge in [0.1, 0.15) is 0 Å². The number of carbonyl (C=O) groups is 1. The fourth-order valence-electron chi connectivity index (χ4n) is 2.66. The second-order valence-electron chi connectivity index (χ2n) is 5.66. The lowest BCUT2D eigenvalue weighted by Crippen LogP contribution is -2.27. The minimum Gasteiger partial charge on any atom is -0.478 e. The van der Waals surface area contributed by atoms with E-state index in [0.717, 1.165) is 24.3 Å². The highest BCUT2D eigenvalue weighted by atomic mass is 16.4. The first-order valence-electron chi connectivity index (χ1n) is 8.19. The van der Waals surface area contributed by atoms with Crippen molar-refractivity contribution >= 4 is 11.7 Å². The average Bonchev–Trinajstić information content (AvgIpc) is 2.46. The molecule has 1 aromatic carbocycles. The summed E-state index contributed by atoms with van der Waals surface area (Å²) in [5.41, 5.74) is 2.39. The van der Waals surface area contributed by atoms with Crippen molar-refractivity contribution in [3.8, 4) is 0 Å². The van der Waals surface area contributed by atoms with Crippen molar-refractivity contribution in [2.75, 3.05) is 18.0 Å². The monoisotopic (exact) mass is 291 g/mol. The fourth-order valence-corrected chi connectivity index (χ4v) is 2.66. The predicted octanol–water partition coefficient (Wildman–Crippen LogP) is 4.88. The molecule has 0 aliphatic rings. The molecular formula is C18H29NO2. The predicted molar refractivity (Wildman–Crippen MR) is 89.4 cm³/mol. The Balaban J connectivity index is 2.89. The molecule has 0 saturated heterocycles. The van der Waals surface area contributed by atoms with E-state index in [9.17, 15) is 9.90 Å². The molecule has 0 bridgehead atoms. The largest absolute Gasteiger partial charge is 0.478 e. The van der Waals surface area contributed by atoms with E-state index in [1.54, 1.807) is 6.07 Å². The Morgan fingerprint density at radius 1 is 1.05 bits per heavy atom. The number of hydrogen-bond donors (Lipinski definition) is 1. The Morgan fingerprint density at radius 2 is 1.62 bits per heavy atom. The van der Waals surface area contributed by atoms with Gasteiger partial charge in [-0.15, -0.1) is 0 Å². The summed E-state index contributed by atoms with van der Waals surface area (Å²) in [5.74, 6) is -0.837. The van der Waals surface area contributed by atoms with Gasteiger partial charge in [-0.2, -0.15) is 0 Å². The maximum absolute atomic E-state index is 11.3. The SMILES string of the molecule is CCCCCN(CCCCC)c1cccc(C(=O)O)c1C. The lowest BCUT2D eigenvalue weighted by atomic mass is 10.0. The van der Waals surface area contributed by atoms with Gasteiger partial charge in [0.25, 0.3) is 0 Å². The van der Waals surface area contributed by atoms with E-state index in [1.165, 1.54) is 38.5 Å². The molecule has 1 N–H and O–H groups in total. The Bertz CT molecular complexity index is 433. The molecule has 0 fully saturated rings. The summed E-state index contributed by atoms with van der Waals surface area (Å²) < 4.78 is 0. The third kappa shape index (κ3) is 5.41. The van der Waals surface area contributed by atoms with Gasteiger partial charge in [0, 0.05) is 18.8 Å². The van der Waals surface area contributed by atoms with Crippen LogP contribution in [0.4, 0.5) is 5.69 Å². The van der Waals surface area contributed by atoms with Crippen LogP contribution in [0.15, 0.2) is 18.2 Å². The van der Waals surface area contributed by atoms with Crippen LogP contribution in [0.3, 0.4) is 0 Å². The maximum atomic E-state index is 11.3. The fraction of sp³-hybridized carbons (Fsp3) is 0.611. The first-order chi connectivity index (χ1) is 10.1. The van der Waals surface area contributed by atoms with Crippen LogP contribution in [0.5, 0.6) is 0 Å². The van der Waals surface area contributed by atoms with Gasteiger partial charge in [-0.05, 0) is 37.5 Å². The number of rotatable bonds is 10. The molecule has 0 aliphatic carbocycles. The van der Waals surface area contributed by atoms with Crippen molar-refractivity contribution in [2.45, 2.75) is 59.3 Å². The normalized spacial score (nSPS) is 10.6. The van der Waals surface area contributed by atoms with Crippen molar-refractivity contribution in [1.29, 1.82) is 0 Å². The van der Waals surface area contributed by atoms with Gasteiger partial charge in [-0.1, -0.05) is 45.6 Å². The second kappa shape index (κ2) is 9.43. The summed E-state index contributed by atoms with van der Waals surface area (Å²) in [5, 5.41) is 9.28. The van der Waals surface area contributed by atoms with Gasteiger partial charge in [0.05, 0.1) is 5.56 Å². The molecule has 3 heteroatoms. The van der Waals surface area contributed by atoms with Crippen LogP contribution in [0, 0.1) is 6.92 Å². The van der Waals surface area contributed by atoms with Crippen molar-refractivity contribution in [2.24, 2.45) is 0 Å². The van der Waals surface area contributed by atoms with E-state index in [1.807, 2.05) is 13.0 Å². The van der Waals surface area contributed by atoms with Gasteiger partial charge in [0.2, 0.25) is 0 Å². The second-order valence-corrected chi connectivity index (χ2v) is 5.66. The van der Waals surface area contributed by atoms with E-state index in [4.69, 9.17) is 0 Å². The quantitative estimate of drug-likeness (QED) is 0.625. The number of unbranched alkanes of at least 4 members (excludes halogenated alkanes) is 4. The van der Waals surface area contributed by atoms with Gasteiger partial charge in [0.15, 0.2) is 0 Å². The van der Waals surface area contributed by atoms with Gasteiger partial charge in [-0.25, -0.2) is 4.79 Å². The summed E-state index contributed by atoms with van der Waals surface area (Å²) in [6.07, 6.45) is 7.19. The number of benzene rings is 1. The Hall–Kier alpha value is -1.51. The summed E-state index contributed by atoms with van der Waals surface area (Å²) in [6.45, 7) is 8.36. The summed E-state index contributed by atoms with van der Waals surface area (Å²) in [6, 6.07) is 5.61. The summed E-state index contributed by atoms with van der Waals surface area (Å²) in [7, 11) is 0. The van der Waals surface area contributed by atoms with E-state index < -0.39 is 5.97 Å². The average molecular weight is 291 g/mol. The zero-order valence-corrected chi connectivity index (χ0v) is 13.7. The van der Waals surface area contributed by atoms with E-state index in [0.29, 0.717) is 5.56 Å². The van der Waals surface area contributed by atoms with Crippen molar-refractivity contribution < 1.29 is 9.90 Å². The number of nitrogens with zero attached hydrogens (tertiary/aromatic N) is 1. The molecule has 21 heavy (non-hydrogen) atoms. The van der Waals surface area contributed by atoms with Gasteiger partial charge in [-0.3, -0.25) is 0 Å². The highest BCUT2D eigenvalue weighted by Crippen LogP contribution is 2.24. The molecule has 0 spiro atoms. The van der Waals surface area contributed by atoms with Gasteiger partial charge < -0.3 is 10.0 Å². The minimum atomic E-state index is -0.837. The Morgan fingerprint density at radius 3 is 2.10 bits per heavy atom. The standard InChI is InChI=1S/C18H29NO2/c1-4-6-8-13-19(14-9-7-5-2)17-12-10-11-16(15(17)3)18(20)21/h10-12H,4-9,13-14H2,1-3H3,(H,20,21). The lowest BCUT2D eigenvalue weighted by Gasteiger charge is -2.27. The topological polar surface area (TPSA) is 40.5 Å².